The summed E-state index contributed by atoms with van der Waals surface area (Å²) in [6.07, 6.45) is 0. The summed E-state index contributed by atoms with van der Waals surface area (Å²) in [5, 5.41) is 26.3. The zero-order chi connectivity index (χ0) is 33.9. The SMILES string of the molecule is N#Cc1cc(-n2c3ccccc3c3ccccc32)c(C#N)c(-c2ccccc2-c2cc(F)cc(F)c2)c1-n1c2ccccc2c2ccccc21. The van der Waals surface area contributed by atoms with Gasteiger partial charge in [-0.05, 0) is 59.2 Å². The lowest BCUT2D eigenvalue weighted by Crippen LogP contribution is -2.08. The van der Waals surface area contributed by atoms with E-state index in [1.165, 1.54) is 12.1 Å². The third-order valence-corrected chi connectivity index (χ3v) is 9.51. The number of hydrogen-bond donors (Lipinski definition) is 0. The van der Waals surface area contributed by atoms with E-state index in [0.29, 0.717) is 44.8 Å². The standard InChI is InChI=1S/C44H24F2N4/c45-29-21-27(22-30(46)24-29)31-11-1-2-16-36(31)43-37(26-48)42(49-38-17-7-3-12-32(38)33-13-4-8-18-39(33)49)23-28(25-47)44(43)50-40-19-9-5-14-34(40)35-15-6-10-20-41(35)50/h1-24H. The molecule has 0 fully saturated rings. The number of nitrogens with zero attached hydrogens (tertiary/aromatic N) is 4. The van der Waals surface area contributed by atoms with Crippen LogP contribution in [-0.2, 0) is 0 Å². The van der Waals surface area contributed by atoms with Crippen molar-refractivity contribution >= 4 is 43.6 Å². The molecule has 9 rings (SSSR count). The minimum atomic E-state index is -0.713. The number of fused-ring (bicyclic) bond motifs is 6. The van der Waals surface area contributed by atoms with Crippen LogP contribution < -0.4 is 0 Å². The van der Waals surface area contributed by atoms with Crippen molar-refractivity contribution < 1.29 is 8.78 Å². The first-order valence-electron chi connectivity index (χ1n) is 16.1. The Balaban J connectivity index is 1.51. The van der Waals surface area contributed by atoms with Gasteiger partial charge in [0.25, 0.3) is 0 Å². The zero-order valence-electron chi connectivity index (χ0n) is 26.4. The van der Waals surface area contributed by atoms with E-state index in [-0.39, 0.29) is 0 Å². The second kappa shape index (κ2) is 11.3. The Labute approximate surface area is 285 Å². The molecule has 9 aromatic rings. The summed E-state index contributed by atoms with van der Waals surface area (Å²) in [5.41, 5.74) is 7.04. The number of benzene rings is 7. The van der Waals surface area contributed by atoms with Gasteiger partial charge in [0.1, 0.15) is 23.8 Å². The summed E-state index contributed by atoms with van der Waals surface area (Å²) in [7, 11) is 0. The number of nitriles is 2. The van der Waals surface area contributed by atoms with Crippen LogP contribution in [0.1, 0.15) is 11.1 Å². The summed E-state index contributed by atoms with van der Waals surface area (Å²) in [4.78, 5) is 0. The maximum atomic E-state index is 14.8. The molecule has 0 amide bonds. The van der Waals surface area contributed by atoms with E-state index in [2.05, 4.69) is 12.1 Å². The normalized spacial score (nSPS) is 11.4. The van der Waals surface area contributed by atoms with Gasteiger partial charge >= 0.3 is 0 Å². The van der Waals surface area contributed by atoms with E-state index in [9.17, 15) is 19.3 Å². The average molecular weight is 647 g/mol. The highest BCUT2D eigenvalue weighted by molar-refractivity contribution is 6.12. The third-order valence-electron chi connectivity index (χ3n) is 9.51. The van der Waals surface area contributed by atoms with E-state index >= 15 is 0 Å². The van der Waals surface area contributed by atoms with Gasteiger partial charge in [-0.25, -0.2) is 8.78 Å². The molecule has 0 saturated carbocycles. The number of aromatic nitrogens is 2. The lowest BCUT2D eigenvalue weighted by Gasteiger charge is -2.22. The summed E-state index contributed by atoms with van der Waals surface area (Å²) in [6.45, 7) is 0. The smallest absolute Gasteiger partial charge is 0.126 e. The largest absolute Gasteiger partial charge is 0.308 e. The summed E-state index contributed by atoms with van der Waals surface area (Å²) < 4.78 is 33.6. The van der Waals surface area contributed by atoms with Gasteiger partial charge in [0.05, 0.1) is 44.6 Å². The van der Waals surface area contributed by atoms with Gasteiger partial charge in [-0.2, -0.15) is 10.5 Å². The Hall–Kier alpha value is -7.02. The van der Waals surface area contributed by atoms with Crippen LogP contribution in [0, 0.1) is 34.3 Å². The van der Waals surface area contributed by atoms with Crippen molar-refractivity contribution in [2.45, 2.75) is 0 Å². The molecule has 50 heavy (non-hydrogen) atoms. The molecule has 7 aromatic carbocycles. The molecular formula is C44H24F2N4. The molecule has 0 unspecified atom stereocenters. The molecule has 0 bridgehead atoms. The van der Waals surface area contributed by atoms with Crippen molar-refractivity contribution in [2.75, 3.05) is 0 Å². The van der Waals surface area contributed by atoms with Gasteiger partial charge in [0.15, 0.2) is 0 Å². The molecule has 4 nitrogen and oxygen atoms in total. The zero-order valence-corrected chi connectivity index (χ0v) is 26.4. The second-order valence-corrected chi connectivity index (χ2v) is 12.2. The second-order valence-electron chi connectivity index (χ2n) is 12.2. The van der Waals surface area contributed by atoms with Crippen LogP contribution in [0.25, 0.3) is 77.2 Å². The van der Waals surface area contributed by atoms with Crippen LogP contribution >= 0.6 is 0 Å². The first-order chi connectivity index (χ1) is 24.6. The van der Waals surface area contributed by atoms with Gasteiger partial charge < -0.3 is 9.13 Å². The van der Waals surface area contributed by atoms with Crippen LogP contribution in [0.3, 0.4) is 0 Å². The van der Waals surface area contributed by atoms with Crippen molar-refractivity contribution in [3.63, 3.8) is 0 Å². The number of halogens is 2. The molecule has 0 saturated heterocycles. The molecule has 0 aliphatic heterocycles. The Bertz CT molecular complexity index is 2810. The fourth-order valence-electron chi connectivity index (χ4n) is 7.54. The first-order valence-corrected chi connectivity index (χ1v) is 16.1. The van der Waals surface area contributed by atoms with E-state index in [0.717, 1.165) is 49.7 Å². The third kappa shape index (κ3) is 4.26. The highest BCUT2D eigenvalue weighted by atomic mass is 19.1. The van der Waals surface area contributed by atoms with Crippen LogP contribution in [-0.4, -0.2) is 9.13 Å². The van der Waals surface area contributed by atoms with Crippen molar-refractivity contribution in [3.8, 4) is 45.8 Å². The van der Waals surface area contributed by atoms with Gasteiger partial charge in [-0.1, -0.05) is 97.1 Å². The quantitative estimate of drug-likeness (QED) is 0.191. The lowest BCUT2D eigenvalue weighted by molar-refractivity contribution is 0.584. The topological polar surface area (TPSA) is 57.4 Å². The summed E-state index contributed by atoms with van der Waals surface area (Å²) in [6, 6.07) is 49.4. The van der Waals surface area contributed by atoms with Crippen molar-refractivity contribution in [3.05, 3.63) is 168 Å². The predicted molar refractivity (Wildman–Crippen MR) is 195 cm³/mol. The van der Waals surface area contributed by atoms with Crippen molar-refractivity contribution in [1.29, 1.82) is 10.5 Å². The first kappa shape index (κ1) is 29.1. The van der Waals surface area contributed by atoms with Crippen LogP contribution in [0.2, 0.25) is 0 Å². The van der Waals surface area contributed by atoms with Gasteiger partial charge in [0.2, 0.25) is 0 Å². The molecule has 0 atom stereocenters. The number of rotatable bonds is 4. The van der Waals surface area contributed by atoms with Gasteiger partial charge in [0, 0.05) is 33.2 Å². The summed E-state index contributed by atoms with van der Waals surface area (Å²) >= 11 is 0. The highest BCUT2D eigenvalue weighted by Crippen LogP contribution is 2.45. The number of hydrogen-bond acceptors (Lipinski definition) is 2. The fourth-order valence-corrected chi connectivity index (χ4v) is 7.54. The molecular weight excluding hydrogens is 623 g/mol. The van der Waals surface area contributed by atoms with Crippen LogP contribution in [0.4, 0.5) is 8.78 Å². The Morgan fingerprint density at radius 1 is 0.460 bits per heavy atom. The molecule has 2 heterocycles. The maximum absolute atomic E-state index is 14.8. The highest BCUT2D eigenvalue weighted by Gasteiger charge is 2.28. The Kier molecular flexibility index (Phi) is 6.59. The molecule has 0 spiro atoms. The monoisotopic (exact) mass is 646 g/mol. The predicted octanol–water partition coefficient (Wildman–Crippen LogP) is 11.2. The van der Waals surface area contributed by atoms with Gasteiger partial charge in [-0.15, -0.1) is 0 Å². The average Bonchev–Trinajstić information content (AvgIpc) is 3.66. The van der Waals surface area contributed by atoms with E-state index in [1.807, 2.05) is 118 Å². The van der Waals surface area contributed by atoms with Crippen LogP contribution in [0.5, 0.6) is 0 Å². The minimum Gasteiger partial charge on any atom is -0.308 e. The van der Waals surface area contributed by atoms with E-state index in [1.54, 1.807) is 18.2 Å². The summed E-state index contributed by atoms with van der Waals surface area (Å²) in [5.74, 6) is -1.43. The number of para-hydroxylation sites is 4. The molecule has 0 radical (unpaired) electrons. The molecule has 234 valence electrons. The molecule has 0 N–H and O–H groups in total. The molecule has 0 aliphatic rings. The molecule has 2 aromatic heterocycles. The van der Waals surface area contributed by atoms with Crippen molar-refractivity contribution in [2.24, 2.45) is 0 Å². The van der Waals surface area contributed by atoms with E-state index < -0.39 is 11.6 Å². The molecule has 6 heteroatoms. The fraction of sp³-hybridized carbons (Fsp3) is 0. The Morgan fingerprint density at radius 3 is 1.38 bits per heavy atom. The van der Waals surface area contributed by atoms with Crippen LogP contribution in [0.15, 0.2) is 146 Å². The van der Waals surface area contributed by atoms with Gasteiger partial charge in [-0.3, -0.25) is 0 Å². The molecule has 0 aliphatic carbocycles. The lowest BCUT2D eigenvalue weighted by atomic mass is 9.88. The maximum Gasteiger partial charge on any atom is 0.126 e. The van der Waals surface area contributed by atoms with E-state index in [4.69, 9.17) is 0 Å². The Morgan fingerprint density at radius 2 is 0.900 bits per heavy atom. The van der Waals surface area contributed by atoms with Crippen molar-refractivity contribution in [1.82, 2.24) is 9.13 Å². The minimum absolute atomic E-state index is 0.316.